The average Bonchev–Trinajstić information content (AvgIpc) is 3.16. The first kappa shape index (κ1) is 19.3. The molecule has 1 amide bonds. The lowest BCUT2D eigenvalue weighted by Gasteiger charge is -2.00. The lowest BCUT2D eigenvalue weighted by molar-refractivity contribution is -0.384. The predicted molar refractivity (Wildman–Crippen MR) is 106 cm³/mol. The maximum absolute atomic E-state index is 11.8. The molecule has 0 fully saturated rings. The van der Waals surface area contributed by atoms with Crippen LogP contribution in [-0.2, 0) is 11.2 Å². The molecule has 0 saturated heterocycles. The third-order valence-electron chi connectivity index (χ3n) is 3.91. The number of amides is 1. The second kappa shape index (κ2) is 8.96. The van der Waals surface area contributed by atoms with Crippen molar-refractivity contribution in [2.45, 2.75) is 12.8 Å². The van der Waals surface area contributed by atoms with Crippen LogP contribution < -0.4 is 5.43 Å². The number of aryl methyl sites for hydroxylation is 1. The van der Waals surface area contributed by atoms with Crippen molar-refractivity contribution in [2.24, 2.45) is 5.10 Å². The monoisotopic (exact) mass is 397 g/mol. The highest BCUT2D eigenvalue weighted by Gasteiger charge is 2.18. The number of carbonyl (C=O) groups is 1. The van der Waals surface area contributed by atoms with E-state index < -0.39 is 4.92 Å². The maximum Gasteiger partial charge on any atom is 0.281 e. The molecule has 0 saturated carbocycles. The molecule has 1 N–H and O–H groups in total. The minimum absolute atomic E-state index is 0.153. The summed E-state index contributed by atoms with van der Waals surface area (Å²) in [5.41, 5.74) is 3.66. The normalized spacial score (nSPS) is 10.9. The number of nitrogens with one attached hydrogen (secondary N) is 1. The lowest BCUT2D eigenvalue weighted by Crippen LogP contribution is -2.17. The van der Waals surface area contributed by atoms with Crippen molar-refractivity contribution in [1.29, 1.82) is 0 Å². The zero-order chi connectivity index (χ0) is 19.9. The minimum atomic E-state index is -0.523. The van der Waals surface area contributed by atoms with Gasteiger partial charge < -0.3 is 4.42 Å². The van der Waals surface area contributed by atoms with Crippen LogP contribution in [0.3, 0.4) is 0 Å². The fourth-order valence-electron chi connectivity index (χ4n) is 2.56. The molecular formula is C20H16ClN3O4. The summed E-state index contributed by atoms with van der Waals surface area (Å²) in [5, 5.41) is 15.3. The third-order valence-corrected chi connectivity index (χ3v) is 4.15. The van der Waals surface area contributed by atoms with E-state index in [1.54, 1.807) is 18.2 Å². The van der Waals surface area contributed by atoms with Crippen molar-refractivity contribution in [1.82, 2.24) is 5.43 Å². The Morgan fingerprint density at radius 2 is 1.96 bits per heavy atom. The first-order valence-electron chi connectivity index (χ1n) is 8.43. The Kier molecular flexibility index (Phi) is 6.18. The summed E-state index contributed by atoms with van der Waals surface area (Å²) in [6, 6.07) is 17.2. The van der Waals surface area contributed by atoms with E-state index in [9.17, 15) is 14.9 Å². The van der Waals surface area contributed by atoms with Gasteiger partial charge in [-0.2, -0.15) is 5.10 Å². The van der Waals surface area contributed by atoms with E-state index in [1.807, 2.05) is 30.3 Å². The van der Waals surface area contributed by atoms with E-state index in [1.165, 1.54) is 18.3 Å². The molecular weight excluding hydrogens is 382 g/mol. The summed E-state index contributed by atoms with van der Waals surface area (Å²) in [7, 11) is 0. The van der Waals surface area contributed by atoms with Crippen LogP contribution in [0.15, 0.2) is 70.2 Å². The highest BCUT2D eigenvalue weighted by Crippen LogP contribution is 2.33. The zero-order valence-electron chi connectivity index (χ0n) is 14.7. The van der Waals surface area contributed by atoms with Gasteiger partial charge in [0, 0.05) is 17.5 Å². The van der Waals surface area contributed by atoms with Gasteiger partial charge in [0.15, 0.2) is 0 Å². The molecule has 0 spiro atoms. The van der Waals surface area contributed by atoms with Crippen molar-refractivity contribution in [2.75, 3.05) is 0 Å². The van der Waals surface area contributed by atoms with Crippen LogP contribution in [0.4, 0.5) is 5.69 Å². The number of benzene rings is 2. The number of rotatable bonds is 7. The number of furan rings is 1. The van der Waals surface area contributed by atoms with Gasteiger partial charge in [-0.05, 0) is 36.2 Å². The molecule has 3 rings (SSSR count). The van der Waals surface area contributed by atoms with Crippen LogP contribution in [0.1, 0.15) is 17.7 Å². The lowest BCUT2D eigenvalue weighted by atomic mass is 10.1. The van der Waals surface area contributed by atoms with E-state index in [-0.39, 0.29) is 16.6 Å². The fourth-order valence-corrected chi connectivity index (χ4v) is 2.72. The van der Waals surface area contributed by atoms with Crippen LogP contribution >= 0.6 is 11.6 Å². The molecule has 0 aliphatic rings. The van der Waals surface area contributed by atoms with Gasteiger partial charge in [-0.1, -0.05) is 41.9 Å². The molecule has 1 aromatic heterocycles. The quantitative estimate of drug-likeness (QED) is 0.358. The second-order valence-electron chi connectivity index (χ2n) is 5.90. The molecule has 28 heavy (non-hydrogen) atoms. The van der Waals surface area contributed by atoms with Crippen molar-refractivity contribution in [3.05, 3.63) is 87.1 Å². The Bertz CT molecular complexity index is 1020. The van der Waals surface area contributed by atoms with E-state index in [4.69, 9.17) is 16.0 Å². The van der Waals surface area contributed by atoms with Gasteiger partial charge in [-0.15, -0.1) is 0 Å². The molecule has 0 bridgehead atoms. The van der Waals surface area contributed by atoms with E-state index in [0.717, 1.165) is 5.56 Å². The summed E-state index contributed by atoms with van der Waals surface area (Å²) in [4.78, 5) is 22.5. The Morgan fingerprint density at radius 1 is 1.18 bits per heavy atom. The van der Waals surface area contributed by atoms with Gasteiger partial charge >= 0.3 is 0 Å². The number of nitro groups is 1. The van der Waals surface area contributed by atoms with Crippen LogP contribution in [0.25, 0.3) is 11.3 Å². The molecule has 7 nitrogen and oxygen atoms in total. The highest BCUT2D eigenvalue weighted by molar-refractivity contribution is 6.30. The van der Waals surface area contributed by atoms with Crippen LogP contribution in [0.5, 0.6) is 0 Å². The predicted octanol–water partition coefficient (Wildman–Crippen LogP) is 4.59. The van der Waals surface area contributed by atoms with Crippen molar-refractivity contribution in [3.8, 4) is 11.3 Å². The molecule has 0 aliphatic carbocycles. The largest absolute Gasteiger partial charge is 0.455 e. The number of hydrogen-bond donors (Lipinski definition) is 1. The zero-order valence-corrected chi connectivity index (χ0v) is 15.4. The standard InChI is InChI=1S/C20H16ClN3O4/c21-15-7-9-17(18(12-15)24(26)27)19-10-8-16(28-19)13-22-23-20(25)11-6-14-4-2-1-3-5-14/h1-5,7-10,12-13H,6,11H2,(H,23,25)/b22-13-. The number of hydrogen-bond acceptors (Lipinski definition) is 5. The van der Waals surface area contributed by atoms with Gasteiger partial charge in [-0.3, -0.25) is 14.9 Å². The van der Waals surface area contributed by atoms with Crippen molar-refractivity contribution in [3.63, 3.8) is 0 Å². The molecule has 1 heterocycles. The van der Waals surface area contributed by atoms with Gasteiger partial charge in [0.25, 0.3) is 5.69 Å². The molecule has 0 radical (unpaired) electrons. The summed E-state index contributed by atoms with van der Waals surface area (Å²) in [6.45, 7) is 0. The summed E-state index contributed by atoms with van der Waals surface area (Å²) < 4.78 is 5.56. The topological polar surface area (TPSA) is 97.7 Å². The smallest absolute Gasteiger partial charge is 0.281 e. The first-order chi connectivity index (χ1) is 13.5. The molecule has 0 aliphatic heterocycles. The summed E-state index contributed by atoms with van der Waals surface area (Å²) in [5.74, 6) is 0.433. The number of halogens is 1. The number of nitrogens with zero attached hydrogens (tertiary/aromatic N) is 2. The van der Waals surface area contributed by atoms with Crippen molar-refractivity contribution < 1.29 is 14.1 Å². The van der Waals surface area contributed by atoms with Crippen LogP contribution in [0.2, 0.25) is 5.02 Å². The average molecular weight is 398 g/mol. The first-order valence-corrected chi connectivity index (χ1v) is 8.81. The van der Waals surface area contributed by atoms with E-state index in [2.05, 4.69) is 10.5 Å². The fraction of sp³-hybridized carbons (Fsp3) is 0.100. The van der Waals surface area contributed by atoms with Crippen LogP contribution in [0, 0.1) is 10.1 Å². The Balaban J connectivity index is 1.60. The van der Waals surface area contributed by atoms with Crippen LogP contribution in [-0.4, -0.2) is 17.0 Å². The minimum Gasteiger partial charge on any atom is -0.455 e. The second-order valence-corrected chi connectivity index (χ2v) is 6.34. The maximum atomic E-state index is 11.8. The molecule has 142 valence electrons. The Hall–Kier alpha value is -3.45. The third kappa shape index (κ3) is 5.05. The van der Waals surface area contributed by atoms with Gasteiger partial charge in [0.1, 0.15) is 11.5 Å². The molecule has 8 heteroatoms. The molecule has 3 aromatic rings. The molecule has 0 atom stereocenters. The summed E-state index contributed by atoms with van der Waals surface area (Å²) in [6.07, 6.45) is 2.26. The number of carbonyl (C=O) groups excluding carboxylic acids is 1. The van der Waals surface area contributed by atoms with Gasteiger partial charge in [0.2, 0.25) is 5.91 Å². The Labute approximate surface area is 165 Å². The van der Waals surface area contributed by atoms with E-state index >= 15 is 0 Å². The van der Waals surface area contributed by atoms with E-state index in [0.29, 0.717) is 29.9 Å². The van der Waals surface area contributed by atoms with Gasteiger partial charge in [0.05, 0.1) is 16.7 Å². The highest BCUT2D eigenvalue weighted by atomic mass is 35.5. The molecule has 0 unspecified atom stereocenters. The SMILES string of the molecule is O=C(CCc1ccccc1)N/N=C\c1ccc(-c2ccc(Cl)cc2[N+](=O)[O-])o1. The number of nitro benzene ring substituents is 1. The molecule has 2 aromatic carbocycles. The summed E-state index contributed by atoms with van der Waals surface area (Å²) >= 11 is 5.82. The Morgan fingerprint density at radius 3 is 2.71 bits per heavy atom. The number of hydrazone groups is 1. The van der Waals surface area contributed by atoms with Crippen molar-refractivity contribution >= 4 is 29.4 Å². The van der Waals surface area contributed by atoms with Gasteiger partial charge in [-0.25, -0.2) is 5.43 Å².